The second-order valence-electron chi connectivity index (χ2n) is 5.19. The quantitative estimate of drug-likeness (QED) is 0.543. The number of halogens is 2. The minimum absolute atomic E-state index is 0.0992. The molecular weight excluding hydrogens is 472 g/mol. The molecule has 0 aliphatic heterocycles. The maximum Gasteiger partial charge on any atom is 0.195 e. The Balaban J connectivity index is 1.76. The zero-order valence-corrected chi connectivity index (χ0v) is 16.8. The van der Waals surface area contributed by atoms with Crippen molar-refractivity contribution in [3.05, 3.63) is 77.0 Å². The smallest absolute Gasteiger partial charge is 0.195 e. The van der Waals surface area contributed by atoms with Gasteiger partial charge in [0.1, 0.15) is 0 Å². The molecule has 0 fully saturated rings. The lowest BCUT2D eigenvalue weighted by molar-refractivity contribution is -0.113. The van der Waals surface area contributed by atoms with Crippen LogP contribution in [0.4, 0.5) is 0 Å². The molecule has 24 heavy (non-hydrogen) atoms. The summed E-state index contributed by atoms with van der Waals surface area (Å²) in [6.07, 6.45) is 7.01. The second kappa shape index (κ2) is 6.19. The van der Waals surface area contributed by atoms with Crippen LogP contribution >= 0.6 is 54.5 Å². The molecule has 0 bridgehead atoms. The summed E-state index contributed by atoms with van der Waals surface area (Å²) < 4.78 is 1.94. The maximum absolute atomic E-state index is 12.8. The minimum Gasteiger partial charge on any atom is -0.289 e. The normalized spacial score (nSPS) is 17.1. The first-order valence-electron chi connectivity index (χ1n) is 7.00. The Labute approximate surface area is 163 Å². The van der Waals surface area contributed by atoms with E-state index in [4.69, 9.17) is 0 Å². The summed E-state index contributed by atoms with van der Waals surface area (Å²) in [5.41, 5.74) is 2.20. The molecule has 0 N–H and O–H groups in total. The van der Waals surface area contributed by atoms with Gasteiger partial charge in [-0.05, 0) is 80.4 Å². The Morgan fingerprint density at radius 3 is 1.29 bits per heavy atom. The van der Waals surface area contributed by atoms with Gasteiger partial charge in [0, 0.05) is 32.0 Å². The molecule has 2 aromatic heterocycles. The molecule has 2 aliphatic carbocycles. The van der Waals surface area contributed by atoms with Gasteiger partial charge in [-0.1, -0.05) is 0 Å². The summed E-state index contributed by atoms with van der Waals surface area (Å²) in [4.78, 5) is 27.4. The summed E-state index contributed by atoms with van der Waals surface area (Å²) >= 11 is 9.84. The van der Waals surface area contributed by atoms with Crippen molar-refractivity contribution in [1.82, 2.24) is 0 Å². The molecule has 0 saturated carbocycles. The van der Waals surface area contributed by atoms with Crippen LogP contribution in [-0.4, -0.2) is 11.6 Å². The third-order valence-electron chi connectivity index (χ3n) is 3.78. The van der Waals surface area contributed by atoms with Crippen LogP contribution in [0, 0.1) is 0 Å². The number of hydrogen-bond acceptors (Lipinski definition) is 4. The molecule has 0 atom stereocenters. The highest BCUT2D eigenvalue weighted by molar-refractivity contribution is 9.11. The molecule has 6 heteroatoms. The third kappa shape index (κ3) is 2.67. The standard InChI is InChI=1S/C18H8Br2O2S2/c19-15-7-5-13(23-15)11-3-1-9-10(18(11)22)2-4-12(17(9)21)14-6-8-16(20)24-14/h1-8H. The summed E-state index contributed by atoms with van der Waals surface area (Å²) in [7, 11) is 0. The first-order valence-corrected chi connectivity index (χ1v) is 10.2. The van der Waals surface area contributed by atoms with Gasteiger partial charge in [0.2, 0.25) is 0 Å². The number of carbonyl (C=O) groups is 2. The molecule has 0 saturated heterocycles. The molecule has 2 heterocycles. The van der Waals surface area contributed by atoms with Crippen LogP contribution < -0.4 is 0 Å². The number of fused-ring (bicyclic) bond motifs is 1. The summed E-state index contributed by atoms with van der Waals surface area (Å²) in [5.74, 6) is -0.198. The van der Waals surface area contributed by atoms with Crippen molar-refractivity contribution in [2.45, 2.75) is 0 Å². The molecule has 0 aromatic carbocycles. The zero-order valence-electron chi connectivity index (χ0n) is 12.0. The largest absolute Gasteiger partial charge is 0.289 e. The van der Waals surface area contributed by atoms with Crippen molar-refractivity contribution in [3.63, 3.8) is 0 Å². The number of carbonyl (C=O) groups excluding carboxylic acids is 2. The van der Waals surface area contributed by atoms with Gasteiger partial charge in [0.25, 0.3) is 0 Å². The number of ketones is 2. The SMILES string of the molecule is O=C1C2=CC=C(c3ccc(Br)s3)C(=O)C2=CC=C1c1ccc(Br)s1. The number of rotatable bonds is 2. The van der Waals surface area contributed by atoms with E-state index in [9.17, 15) is 9.59 Å². The predicted octanol–water partition coefficient (Wildman–Crippen LogP) is 5.82. The van der Waals surface area contributed by atoms with Gasteiger partial charge in [0.05, 0.1) is 7.57 Å². The van der Waals surface area contributed by atoms with Gasteiger partial charge in [-0.2, -0.15) is 0 Å². The van der Waals surface area contributed by atoms with Crippen LogP contribution in [0.3, 0.4) is 0 Å². The van der Waals surface area contributed by atoms with Crippen molar-refractivity contribution in [3.8, 4) is 0 Å². The Morgan fingerprint density at radius 1 is 0.583 bits per heavy atom. The number of thiophene rings is 2. The van der Waals surface area contributed by atoms with Crippen molar-refractivity contribution in [2.24, 2.45) is 0 Å². The molecule has 2 aliphatic rings. The van der Waals surface area contributed by atoms with Crippen LogP contribution in [0.5, 0.6) is 0 Å². The maximum atomic E-state index is 12.8. The van der Waals surface area contributed by atoms with Crippen LogP contribution in [-0.2, 0) is 9.59 Å². The molecule has 0 unspecified atom stereocenters. The molecule has 118 valence electrons. The lowest BCUT2D eigenvalue weighted by Crippen LogP contribution is -2.19. The fourth-order valence-corrected chi connectivity index (χ4v) is 5.47. The van der Waals surface area contributed by atoms with E-state index < -0.39 is 0 Å². The van der Waals surface area contributed by atoms with Gasteiger partial charge in [0.15, 0.2) is 11.6 Å². The van der Waals surface area contributed by atoms with Crippen molar-refractivity contribution in [1.29, 1.82) is 0 Å². The predicted molar refractivity (Wildman–Crippen MR) is 106 cm³/mol. The lowest BCUT2D eigenvalue weighted by Gasteiger charge is -2.19. The van der Waals surface area contributed by atoms with Gasteiger partial charge in [-0.3, -0.25) is 9.59 Å². The van der Waals surface area contributed by atoms with E-state index in [1.54, 1.807) is 24.3 Å². The summed E-state index contributed by atoms with van der Waals surface area (Å²) in [5, 5.41) is 0. The van der Waals surface area contributed by atoms with Gasteiger partial charge < -0.3 is 0 Å². The number of Topliss-reactive ketones (excluding diaryl/α,β-unsaturated/α-hetero) is 2. The highest BCUT2D eigenvalue weighted by Gasteiger charge is 2.31. The first kappa shape index (κ1) is 16.1. The Hall–Kier alpha value is -1.34. The average Bonchev–Trinajstić information content (AvgIpc) is 3.17. The highest BCUT2D eigenvalue weighted by atomic mass is 79.9. The lowest BCUT2D eigenvalue weighted by atomic mass is 9.82. The Bertz CT molecular complexity index is 933. The number of allylic oxidation sites excluding steroid dienone is 8. The fraction of sp³-hybridized carbons (Fsp3) is 0. The van der Waals surface area contributed by atoms with Crippen LogP contribution in [0.1, 0.15) is 9.75 Å². The van der Waals surface area contributed by atoms with E-state index in [0.29, 0.717) is 22.3 Å². The van der Waals surface area contributed by atoms with E-state index in [-0.39, 0.29) is 11.6 Å². The monoisotopic (exact) mass is 478 g/mol. The topological polar surface area (TPSA) is 34.1 Å². The van der Waals surface area contributed by atoms with E-state index in [2.05, 4.69) is 31.9 Å². The molecule has 2 nitrogen and oxygen atoms in total. The Kier molecular flexibility index (Phi) is 4.16. The fourth-order valence-electron chi connectivity index (χ4n) is 2.66. The molecule has 0 radical (unpaired) electrons. The minimum atomic E-state index is -0.0992. The van der Waals surface area contributed by atoms with E-state index >= 15 is 0 Å². The molecule has 0 spiro atoms. The highest BCUT2D eigenvalue weighted by Crippen LogP contribution is 2.39. The average molecular weight is 480 g/mol. The van der Waals surface area contributed by atoms with E-state index in [0.717, 1.165) is 17.3 Å². The van der Waals surface area contributed by atoms with Crippen LogP contribution in [0.15, 0.2) is 67.3 Å². The van der Waals surface area contributed by atoms with Crippen LogP contribution in [0.2, 0.25) is 0 Å². The Morgan fingerprint density at radius 2 is 0.958 bits per heavy atom. The van der Waals surface area contributed by atoms with Crippen molar-refractivity contribution < 1.29 is 9.59 Å². The molecule has 2 aromatic rings. The van der Waals surface area contributed by atoms with Gasteiger partial charge in [-0.25, -0.2) is 0 Å². The summed E-state index contributed by atoms with van der Waals surface area (Å²) in [6, 6.07) is 7.65. The van der Waals surface area contributed by atoms with Crippen molar-refractivity contribution >= 4 is 77.2 Å². The summed E-state index contributed by atoms with van der Waals surface area (Å²) in [6.45, 7) is 0. The molecule has 0 amide bonds. The van der Waals surface area contributed by atoms with Crippen LogP contribution in [0.25, 0.3) is 11.1 Å². The second-order valence-corrected chi connectivity index (χ2v) is 10.1. The van der Waals surface area contributed by atoms with Crippen molar-refractivity contribution in [2.75, 3.05) is 0 Å². The zero-order chi connectivity index (χ0) is 16.8. The van der Waals surface area contributed by atoms with Gasteiger partial charge >= 0.3 is 0 Å². The molecular formula is C18H8Br2O2S2. The van der Waals surface area contributed by atoms with E-state index in [1.165, 1.54) is 22.7 Å². The third-order valence-corrected chi connectivity index (χ3v) is 7.09. The number of hydrogen-bond donors (Lipinski definition) is 0. The van der Waals surface area contributed by atoms with Gasteiger partial charge in [-0.15, -0.1) is 22.7 Å². The first-order chi connectivity index (χ1) is 11.5. The van der Waals surface area contributed by atoms with E-state index in [1.807, 2.05) is 24.3 Å². The molecule has 4 rings (SSSR count).